The molecule has 0 saturated carbocycles. The van der Waals surface area contributed by atoms with Crippen molar-refractivity contribution in [2.45, 2.75) is 52.6 Å². The van der Waals surface area contributed by atoms with Crippen molar-refractivity contribution < 1.29 is 0 Å². The fourth-order valence-electron chi connectivity index (χ4n) is 1.57. The number of hydrogen-bond acceptors (Lipinski definition) is 0. The molecule has 18 heavy (non-hydrogen) atoms. The van der Waals surface area contributed by atoms with Gasteiger partial charge in [-0.2, -0.15) is 0 Å². The summed E-state index contributed by atoms with van der Waals surface area (Å²) in [6.45, 7) is 12.8. The van der Waals surface area contributed by atoms with Crippen molar-refractivity contribution in [3.8, 4) is 0 Å². The Balaban J connectivity index is 3.09. The molecule has 0 aromatic heterocycles. The van der Waals surface area contributed by atoms with Gasteiger partial charge < -0.3 is 0 Å². The molecule has 1 aromatic carbocycles. The van der Waals surface area contributed by atoms with Crippen LogP contribution in [0.2, 0.25) is 0 Å². The fraction of sp³-hybridized carbons (Fsp3) is 0.571. The van der Waals surface area contributed by atoms with Crippen LogP contribution in [-0.2, 0) is 0 Å². The number of nitrogens with zero attached hydrogens (tertiary/aromatic N) is 2. The Kier molecular flexibility index (Phi) is 5.03. The zero-order chi connectivity index (χ0) is 14.0. The van der Waals surface area contributed by atoms with E-state index in [-0.39, 0.29) is 11.1 Å². The Morgan fingerprint density at radius 1 is 0.833 bits per heavy atom. The van der Waals surface area contributed by atoms with E-state index in [0.29, 0.717) is 0 Å². The maximum atomic E-state index is 4.99. The van der Waals surface area contributed by atoms with Crippen LogP contribution in [0.1, 0.15) is 41.5 Å². The van der Waals surface area contributed by atoms with Crippen LogP contribution < -0.4 is 5.30 Å². The van der Waals surface area contributed by atoms with E-state index in [2.05, 4.69) is 81.4 Å². The normalized spacial score (nSPS) is 13.7. The van der Waals surface area contributed by atoms with Crippen LogP contribution in [0.4, 0.5) is 0 Å². The molecular weight excluding hydrogens is 306 g/mol. The van der Waals surface area contributed by atoms with Gasteiger partial charge in [-0.1, -0.05) is 0 Å². The molecule has 0 saturated heterocycles. The first kappa shape index (κ1) is 16.1. The number of rotatable bonds is 3. The van der Waals surface area contributed by atoms with E-state index >= 15 is 0 Å². The predicted octanol–water partition coefficient (Wildman–Crippen LogP) is 4.59. The molecule has 0 aliphatic rings. The molecule has 0 spiro atoms. The minimum absolute atomic E-state index is 0.0936. The molecule has 1 rings (SSSR count). The van der Waals surface area contributed by atoms with E-state index in [1.807, 2.05) is 6.07 Å². The van der Waals surface area contributed by atoms with E-state index in [4.69, 9.17) is 10.2 Å². The molecule has 0 amide bonds. The molecule has 0 aliphatic heterocycles. The van der Waals surface area contributed by atoms with Crippen molar-refractivity contribution in [2.24, 2.45) is 0 Å². The monoisotopic (exact) mass is 330 g/mol. The molecule has 0 unspecified atom stereocenters. The van der Waals surface area contributed by atoms with E-state index in [1.165, 1.54) is 5.30 Å². The standard InChI is InChI=1S/C14H23N2PSe/c1-13(2,3)15-17(18,16-14(4,5)6)12-10-8-7-9-11-12/h7-11H,1-6H3/q-2. The van der Waals surface area contributed by atoms with E-state index < -0.39 is 6.25 Å². The zero-order valence-electron chi connectivity index (χ0n) is 12.1. The van der Waals surface area contributed by atoms with Gasteiger partial charge in [0.15, 0.2) is 0 Å². The van der Waals surface area contributed by atoms with Crippen LogP contribution in [0.15, 0.2) is 30.3 Å². The molecule has 2 nitrogen and oxygen atoms in total. The van der Waals surface area contributed by atoms with Gasteiger partial charge in [-0.25, -0.2) is 0 Å². The molecule has 0 aliphatic carbocycles. The fourth-order valence-corrected chi connectivity index (χ4v) is 7.89. The first-order valence-corrected chi connectivity index (χ1v) is 10.1. The maximum absolute atomic E-state index is 4.99. The van der Waals surface area contributed by atoms with Gasteiger partial charge in [0.2, 0.25) is 0 Å². The number of hydrogen-bond donors (Lipinski definition) is 0. The summed E-state index contributed by atoms with van der Waals surface area (Å²) < 4.78 is 0. The molecule has 0 radical (unpaired) electrons. The van der Waals surface area contributed by atoms with Crippen LogP contribution in [0.25, 0.3) is 10.2 Å². The summed E-state index contributed by atoms with van der Waals surface area (Å²) in [5.41, 5.74) is -0.187. The van der Waals surface area contributed by atoms with Gasteiger partial charge in [-0.05, 0) is 0 Å². The minimum atomic E-state index is -1.94. The summed E-state index contributed by atoms with van der Waals surface area (Å²) >= 11 is 3.30. The van der Waals surface area contributed by atoms with Crippen LogP contribution in [0.5, 0.6) is 0 Å². The summed E-state index contributed by atoms with van der Waals surface area (Å²) in [5, 5.41) is 11.2. The second-order valence-corrected chi connectivity index (χ2v) is 11.6. The molecule has 0 N–H and O–H groups in total. The Hall–Kier alpha value is 0.0895. The van der Waals surface area contributed by atoms with Crippen molar-refractivity contribution in [3.63, 3.8) is 0 Å². The topological polar surface area (TPSA) is 28.2 Å². The summed E-state index contributed by atoms with van der Waals surface area (Å²) in [6, 6.07) is 10.4. The Bertz CT molecular complexity index is 363. The third kappa shape index (κ3) is 5.38. The summed E-state index contributed by atoms with van der Waals surface area (Å²) in [6.07, 6.45) is -1.94. The van der Waals surface area contributed by atoms with Gasteiger partial charge in [0.05, 0.1) is 0 Å². The first-order valence-electron chi connectivity index (χ1n) is 6.16. The molecule has 0 fully saturated rings. The Morgan fingerprint density at radius 3 is 1.56 bits per heavy atom. The molecule has 0 bridgehead atoms. The average Bonchev–Trinajstić information content (AvgIpc) is 2.13. The molecule has 4 heteroatoms. The molecule has 0 heterocycles. The summed E-state index contributed by atoms with van der Waals surface area (Å²) in [5.74, 6) is 0. The van der Waals surface area contributed by atoms with Crippen LogP contribution in [0.3, 0.4) is 0 Å². The SMILES string of the molecule is CC(C)(C)[N-][P+]([Se-])([N-]C(C)(C)C)c1ccccc1. The van der Waals surface area contributed by atoms with E-state index in [1.54, 1.807) is 0 Å². The van der Waals surface area contributed by atoms with Gasteiger partial charge in [-0.15, -0.1) is 0 Å². The second-order valence-electron chi connectivity index (χ2n) is 6.42. The van der Waals surface area contributed by atoms with E-state index in [9.17, 15) is 0 Å². The van der Waals surface area contributed by atoms with Gasteiger partial charge in [0.25, 0.3) is 0 Å². The molecule has 102 valence electrons. The molecule has 1 aromatic rings. The number of benzene rings is 1. The van der Waals surface area contributed by atoms with Crippen molar-refractivity contribution >= 4 is 27.1 Å². The van der Waals surface area contributed by atoms with Gasteiger partial charge in [-0.3, -0.25) is 0 Å². The van der Waals surface area contributed by atoms with Gasteiger partial charge in [0.1, 0.15) is 0 Å². The van der Waals surface area contributed by atoms with Crippen LogP contribution >= 0.6 is 6.25 Å². The predicted molar refractivity (Wildman–Crippen MR) is 85.0 cm³/mol. The van der Waals surface area contributed by atoms with Crippen molar-refractivity contribution in [3.05, 3.63) is 40.5 Å². The zero-order valence-corrected chi connectivity index (χ0v) is 14.7. The Morgan fingerprint density at radius 2 is 1.22 bits per heavy atom. The van der Waals surface area contributed by atoms with E-state index in [0.717, 1.165) is 0 Å². The van der Waals surface area contributed by atoms with Crippen LogP contribution in [-0.4, -0.2) is 26.6 Å². The Labute approximate surface area is 120 Å². The third-order valence-corrected chi connectivity index (χ3v) is 7.03. The first-order chi connectivity index (χ1) is 8.02. The second kappa shape index (κ2) is 5.61. The third-order valence-electron chi connectivity index (χ3n) is 1.96. The van der Waals surface area contributed by atoms with Crippen molar-refractivity contribution in [1.29, 1.82) is 0 Å². The summed E-state index contributed by atoms with van der Waals surface area (Å²) in [7, 11) is 0. The summed E-state index contributed by atoms with van der Waals surface area (Å²) in [4.78, 5) is 0. The van der Waals surface area contributed by atoms with Crippen LogP contribution in [0, 0.1) is 0 Å². The van der Waals surface area contributed by atoms with Gasteiger partial charge in [0, 0.05) is 0 Å². The quantitative estimate of drug-likeness (QED) is 0.573. The van der Waals surface area contributed by atoms with Crippen molar-refractivity contribution in [1.82, 2.24) is 0 Å². The molecule has 0 atom stereocenters. The molecular formula is C14H23N2PSe-2. The van der Waals surface area contributed by atoms with Gasteiger partial charge >= 0.3 is 120 Å². The average molecular weight is 329 g/mol. The van der Waals surface area contributed by atoms with Crippen molar-refractivity contribution in [2.75, 3.05) is 0 Å².